The molecule has 1 N–H and O–H groups in total. The molecule has 158 valence electrons. The molecule has 0 radical (unpaired) electrons. The maximum absolute atomic E-state index is 13.2. The first-order valence-electron chi connectivity index (χ1n) is 10.1. The highest BCUT2D eigenvalue weighted by molar-refractivity contribution is 7.10. The van der Waals surface area contributed by atoms with Gasteiger partial charge in [0.25, 0.3) is 0 Å². The van der Waals surface area contributed by atoms with Gasteiger partial charge in [-0.2, -0.15) is 5.26 Å². The summed E-state index contributed by atoms with van der Waals surface area (Å²) in [6.45, 7) is 2.19. The first-order chi connectivity index (χ1) is 15.1. The van der Waals surface area contributed by atoms with Crippen LogP contribution < -0.4 is 5.32 Å². The quantitative estimate of drug-likeness (QED) is 0.540. The molecular formula is C22H21FN6OS. The lowest BCUT2D eigenvalue weighted by Crippen LogP contribution is -2.27. The van der Waals surface area contributed by atoms with Crippen LogP contribution in [0.2, 0.25) is 0 Å². The van der Waals surface area contributed by atoms with Crippen LogP contribution in [0.25, 0.3) is 11.3 Å². The van der Waals surface area contributed by atoms with Gasteiger partial charge in [-0.25, -0.2) is 19.3 Å². The molecule has 3 heterocycles. The van der Waals surface area contributed by atoms with Crippen molar-refractivity contribution in [2.75, 3.05) is 25.0 Å². The van der Waals surface area contributed by atoms with Gasteiger partial charge in [0.1, 0.15) is 16.7 Å². The number of thiazole rings is 1. The summed E-state index contributed by atoms with van der Waals surface area (Å²) in [6.07, 6.45) is 4.00. The van der Waals surface area contributed by atoms with E-state index >= 15 is 0 Å². The zero-order valence-electron chi connectivity index (χ0n) is 16.8. The molecule has 1 saturated heterocycles. The molecule has 0 saturated carbocycles. The summed E-state index contributed by atoms with van der Waals surface area (Å²) in [4.78, 5) is 26.8. The van der Waals surface area contributed by atoms with E-state index in [4.69, 9.17) is 0 Å². The molecule has 0 bridgehead atoms. The molecule has 4 rings (SSSR count). The van der Waals surface area contributed by atoms with Crippen molar-refractivity contribution < 1.29 is 9.18 Å². The van der Waals surface area contributed by atoms with Crippen LogP contribution in [0.5, 0.6) is 0 Å². The SMILES string of the molecule is N#CC(c1ccnc(NCCCN2CCCC2=O)n1)c1nc(-c2ccc(F)cc2)cs1. The Labute approximate surface area is 183 Å². The van der Waals surface area contributed by atoms with E-state index in [2.05, 4.69) is 26.3 Å². The topological polar surface area (TPSA) is 94.8 Å². The molecule has 9 heteroatoms. The van der Waals surface area contributed by atoms with Crippen molar-refractivity contribution in [1.29, 1.82) is 5.26 Å². The standard InChI is InChI=1S/C22H21FN6OS/c23-16-6-4-15(5-7-16)19-14-31-21(27-19)17(13-24)18-8-10-26-22(28-18)25-9-2-12-29-11-1-3-20(29)30/h4-8,10,14,17H,1-3,9,11-12H2,(H,25,26,28). The Morgan fingerprint density at radius 3 is 2.84 bits per heavy atom. The molecule has 3 aromatic rings. The number of nitriles is 1. The van der Waals surface area contributed by atoms with E-state index in [1.807, 2.05) is 10.3 Å². The minimum atomic E-state index is -0.620. The van der Waals surface area contributed by atoms with Crippen LogP contribution in [-0.4, -0.2) is 45.4 Å². The Kier molecular flexibility index (Phi) is 6.48. The Bertz CT molecular complexity index is 1090. The summed E-state index contributed by atoms with van der Waals surface area (Å²) in [5.74, 6) is -0.258. The predicted octanol–water partition coefficient (Wildman–Crippen LogP) is 3.82. The van der Waals surface area contributed by atoms with Gasteiger partial charge < -0.3 is 10.2 Å². The molecule has 2 aromatic heterocycles. The third-order valence-electron chi connectivity index (χ3n) is 5.07. The summed E-state index contributed by atoms with van der Waals surface area (Å²) in [6, 6.07) is 10.1. The van der Waals surface area contributed by atoms with Crippen LogP contribution in [-0.2, 0) is 4.79 Å². The van der Waals surface area contributed by atoms with Gasteiger partial charge in [-0.15, -0.1) is 11.3 Å². The number of benzene rings is 1. The number of amides is 1. The molecule has 1 aliphatic rings. The molecular weight excluding hydrogens is 415 g/mol. The fourth-order valence-electron chi connectivity index (χ4n) is 3.45. The number of carbonyl (C=O) groups excluding carboxylic acids is 1. The number of likely N-dealkylation sites (tertiary alicyclic amines) is 1. The van der Waals surface area contributed by atoms with Crippen molar-refractivity contribution in [3.8, 4) is 17.3 Å². The van der Waals surface area contributed by atoms with Gasteiger partial charge >= 0.3 is 0 Å². The first-order valence-corrected chi connectivity index (χ1v) is 11.0. The van der Waals surface area contributed by atoms with Crippen LogP contribution in [0.4, 0.5) is 10.3 Å². The Morgan fingerprint density at radius 1 is 1.26 bits per heavy atom. The van der Waals surface area contributed by atoms with E-state index in [-0.39, 0.29) is 11.7 Å². The molecule has 1 amide bonds. The van der Waals surface area contributed by atoms with Crippen molar-refractivity contribution in [1.82, 2.24) is 19.9 Å². The third-order valence-corrected chi connectivity index (χ3v) is 5.98. The predicted molar refractivity (Wildman–Crippen MR) is 116 cm³/mol. The van der Waals surface area contributed by atoms with Gasteiger partial charge in [0.2, 0.25) is 11.9 Å². The maximum Gasteiger partial charge on any atom is 0.222 e. The number of nitrogens with zero attached hydrogens (tertiary/aromatic N) is 5. The van der Waals surface area contributed by atoms with Gasteiger partial charge in [0.05, 0.1) is 17.5 Å². The smallest absolute Gasteiger partial charge is 0.222 e. The second-order valence-corrected chi connectivity index (χ2v) is 8.10. The van der Waals surface area contributed by atoms with Crippen LogP contribution in [0.3, 0.4) is 0 Å². The Hall–Kier alpha value is -3.38. The molecule has 1 fully saturated rings. The van der Waals surface area contributed by atoms with Crippen molar-refractivity contribution >= 4 is 23.2 Å². The van der Waals surface area contributed by atoms with E-state index in [0.29, 0.717) is 35.3 Å². The number of hydrogen-bond acceptors (Lipinski definition) is 7. The van der Waals surface area contributed by atoms with Crippen LogP contribution >= 0.6 is 11.3 Å². The average Bonchev–Trinajstić information content (AvgIpc) is 3.42. The summed E-state index contributed by atoms with van der Waals surface area (Å²) in [5.41, 5.74) is 2.06. The van der Waals surface area contributed by atoms with E-state index in [1.54, 1.807) is 24.4 Å². The second kappa shape index (κ2) is 9.62. The van der Waals surface area contributed by atoms with Crippen LogP contribution in [0.1, 0.15) is 35.9 Å². The number of carbonyl (C=O) groups is 1. The van der Waals surface area contributed by atoms with Gasteiger partial charge in [0, 0.05) is 43.2 Å². The second-order valence-electron chi connectivity index (χ2n) is 7.21. The highest BCUT2D eigenvalue weighted by Gasteiger charge is 2.21. The summed E-state index contributed by atoms with van der Waals surface area (Å²) in [5, 5.41) is 15.4. The number of halogens is 1. The zero-order chi connectivity index (χ0) is 21.6. The molecule has 7 nitrogen and oxygen atoms in total. The minimum Gasteiger partial charge on any atom is -0.354 e. The largest absolute Gasteiger partial charge is 0.354 e. The molecule has 31 heavy (non-hydrogen) atoms. The van der Waals surface area contributed by atoms with Gasteiger partial charge in [0.15, 0.2) is 0 Å². The summed E-state index contributed by atoms with van der Waals surface area (Å²) in [7, 11) is 0. The van der Waals surface area contributed by atoms with Gasteiger partial charge in [-0.3, -0.25) is 4.79 Å². The molecule has 1 aliphatic heterocycles. The van der Waals surface area contributed by atoms with E-state index < -0.39 is 5.92 Å². The van der Waals surface area contributed by atoms with E-state index in [1.165, 1.54) is 23.5 Å². The van der Waals surface area contributed by atoms with Crippen molar-refractivity contribution in [3.05, 3.63) is 58.4 Å². The fourth-order valence-corrected chi connectivity index (χ4v) is 4.33. The third kappa shape index (κ3) is 5.03. The lowest BCUT2D eigenvalue weighted by atomic mass is 10.1. The van der Waals surface area contributed by atoms with Crippen molar-refractivity contribution in [3.63, 3.8) is 0 Å². The Balaban J connectivity index is 1.40. The van der Waals surface area contributed by atoms with E-state index in [0.717, 1.165) is 31.5 Å². The maximum atomic E-state index is 13.2. The number of nitrogens with one attached hydrogen (secondary N) is 1. The first kappa shape index (κ1) is 20.9. The molecule has 0 aliphatic carbocycles. The summed E-state index contributed by atoms with van der Waals surface area (Å²) < 4.78 is 13.2. The average molecular weight is 437 g/mol. The van der Waals surface area contributed by atoms with Gasteiger partial charge in [-0.05, 0) is 43.2 Å². The lowest BCUT2D eigenvalue weighted by molar-refractivity contribution is -0.127. The van der Waals surface area contributed by atoms with Crippen molar-refractivity contribution in [2.24, 2.45) is 0 Å². The number of hydrogen-bond donors (Lipinski definition) is 1. The monoisotopic (exact) mass is 436 g/mol. The van der Waals surface area contributed by atoms with Crippen LogP contribution in [0, 0.1) is 17.1 Å². The van der Waals surface area contributed by atoms with Gasteiger partial charge in [-0.1, -0.05) is 0 Å². The number of anilines is 1. The molecule has 1 atom stereocenters. The van der Waals surface area contributed by atoms with E-state index in [9.17, 15) is 14.4 Å². The highest BCUT2D eigenvalue weighted by Crippen LogP contribution is 2.30. The minimum absolute atomic E-state index is 0.221. The summed E-state index contributed by atoms with van der Waals surface area (Å²) >= 11 is 1.37. The molecule has 1 unspecified atom stereocenters. The molecule has 1 aromatic carbocycles. The molecule has 0 spiro atoms. The lowest BCUT2D eigenvalue weighted by Gasteiger charge is -2.15. The normalized spacial score (nSPS) is 14.5. The van der Waals surface area contributed by atoms with Crippen LogP contribution in [0.15, 0.2) is 41.9 Å². The zero-order valence-corrected chi connectivity index (χ0v) is 17.6. The number of rotatable bonds is 8. The fraction of sp³-hybridized carbons (Fsp3) is 0.318. The Morgan fingerprint density at radius 2 is 2.10 bits per heavy atom. The number of aromatic nitrogens is 3. The highest BCUT2D eigenvalue weighted by atomic mass is 32.1. The van der Waals surface area contributed by atoms with Crippen molar-refractivity contribution in [2.45, 2.75) is 25.2 Å².